The van der Waals surface area contributed by atoms with Gasteiger partial charge in [0.2, 0.25) is 0 Å². The molecule has 1 unspecified atom stereocenters. The van der Waals surface area contributed by atoms with Crippen LogP contribution in [0.5, 0.6) is 5.75 Å². The lowest BCUT2D eigenvalue weighted by Crippen LogP contribution is -2.34. The summed E-state index contributed by atoms with van der Waals surface area (Å²) in [4.78, 5) is 23.5. The molecule has 2 aromatic carbocycles. The molecule has 0 saturated carbocycles. The minimum Gasteiger partial charge on any atom is -0.484 e. The van der Waals surface area contributed by atoms with Gasteiger partial charge in [0.15, 0.2) is 6.61 Å². The Morgan fingerprint density at radius 3 is 2.26 bits per heavy atom. The van der Waals surface area contributed by atoms with E-state index < -0.39 is 12.0 Å². The van der Waals surface area contributed by atoms with Gasteiger partial charge in [-0.2, -0.15) is 0 Å². The number of ether oxygens (including phenoxy) is 1. The zero-order valence-corrected chi connectivity index (χ0v) is 16.3. The third-order valence-corrected chi connectivity index (χ3v) is 4.35. The molecule has 0 aliphatic rings. The maximum absolute atomic E-state index is 12.3. The van der Waals surface area contributed by atoms with Crippen molar-refractivity contribution >= 4 is 11.9 Å². The molecule has 2 aromatic rings. The number of para-hydroxylation sites is 1. The molecule has 0 aliphatic heterocycles. The zero-order valence-electron chi connectivity index (χ0n) is 16.3. The lowest BCUT2D eigenvalue weighted by molar-refractivity contribution is -0.137. The Kier molecular flexibility index (Phi) is 6.61. The number of hydrogen-bond acceptors (Lipinski definition) is 3. The first kappa shape index (κ1) is 20.5. The molecule has 2 N–H and O–H groups in total. The number of carboxylic acid groups (broad SMARTS) is 1. The largest absolute Gasteiger partial charge is 0.484 e. The topological polar surface area (TPSA) is 75.6 Å². The number of nitrogens with one attached hydrogen (secondary N) is 1. The monoisotopic (exact) mass is 369 g/mol. The molecule has 0 radical (unpaired) electrons. The van der Waals surface area contributed by atoms with E-state index in [4.69, 9.17) is 4.74 Å². The average Bonchev–Trinajstić information content (AvgIpc) is 2.59. The minimum atomic E-state index is -0.972. The Morgan fingerprint density at radius 2 is 1.70 bits per heavy atom. The summed E-state index contributed by atoms with van der Waals surface area (Å²) >= 11 is 0. The standard InChI is InChI=1S/C22H27NO4/c1-15-7-5-6-8-19(15)27-14-20(24)23-18(13-21(25)26)16-9-11-17(12-10-16)22(2,3)4/h5-12,18H,13-14H2,1-4H3,(H,23,24)(H,25,26). The number of rotatable bonds is 7. The molecule has 0 aliphatic carbocycles. The van der Waals surface area contributed by atoms with E-state index in [1.807, 2.05) is 49.4 Å². The van der Waals surface area contributed by atoms with Gasteiger partial charge in [0, 0.05) is 0 Å². The number of carbonyl (C=O) groups excluding carboxylic acids is 1. The highest BCUT2D eigenvalue weighted by Gasteiger charge is 2.20. The molecule has 0 bridgehead atoms. The molecule has 0 fully saturated rings. The van der Waals surface area contributed by atoms with Crippen LogP contribution in [-0.4, -0.2) is 23.6 Å². The second kappa shape index (κ2) is 8.71. The van der Waals surface area contributed by atoms with Gasteiger partial charge in [-0.3, -0.25) is 9.59 Å². The summed E-state index contributed by atoms with van der Waals surface area (Å²) in [6.07, 6.45) is -0.190. The first-order chi connectivity index (χ1) is 12.7. The van der Waals surface area contributed by atoms with Crippen LogP contribution in [0.3, 0.4) is 0 Å². The summed E-state index contributed by atoms with van der Waals surface area (Å²) in [6.45, 7) is 8.07. The number of aryl methyl sites for hydroxylation is 1. The smallest absolute Gasteiger partial charge is 0.305 e. The highest BCUT2D eigenvalue weighted by atomic mass is 16.5. The molecule has 5 nitrogen and oxygen atoms in total. The molecule has 1 amide bonds. The van der Waals surface area contributed by atoms with Crippen molar-refractivity contribution in [3.05, 3.63) is 65.2 Å². The van der Waals surface area contributed by atoms with Gasteiger partial charge in [-0.05, 0) is 35.1 Å². The van der Waals surface area contributed by atoms with Crippen LogP contribution in [-0.2, 0) is 15.0 Å². The van der Waals surface area contributed by atoms with Crippen molar-refractivity contribution in [1.82, 2.24) is 5.32 Å². The van der Waals surface area contributed by atoms with Gasteiger partial charge in [0.25, 0.3) is 5.91 Å². The van der Waals surface area contributed by atoms with Crippen LogP contribution in [0.15, 0.2) is 48.5 Å². The van der Waals surface area contributed by atoms with E-state index in [2.05, 4.69) is 26.1 Å². The Hall–Kier alpha value is -2.82. The summed E-state index contributed by atoms with van der Waals surface area (Å²) in [6, 6.07) is 14.5. The van der Waals surface area contributed by atoms with Gasteiger partial charge in [-0.1, -0.05) is 63.2 Å². The van der Waals surface area contributed by atoms with Crippen molar-refractivity contribution in [2.45, 2.75) is 45.6 Å². The summed E-state index contributed by atoms with van der Waals surface area (Å²) in [5.41, 5.74) is 2.85. The molecule has 0 heterocycles. The predicted molar refractivity (Wildman–Crippen MR) is 105 cm³/mol. The first-order valence-electron chi connectivity index (χ1n) is 8.97. The average molecular weight is 369 g/mol. The Balaban J connectivity index is 2.06. The second-order valence-electron chi connectivity index (χ2n) is 7.64. The Morgan fingerprint density at radius 1 is 1.07 bits per heavy atom. The maximum atomic E-state index is 12.3. The molecule has 0 spiro atoms. The van der Waals surface area contributed by atoms with Crippen molar-refractivity contribution < 1.29 is 19.4 Å². The molecule has 2 rings (SSSR count). The van der Waals surface area contributed by atoms with Crippen molar-refractivity contribution in [2.24, 2.45) is 0 Å². The van der Waals surface area contributed by atoms with Crippen LogP contribution >= 0.6 is 0 Å². The fourth-order valence-corrected chi connectivity index (χ4v) is 2.74. The Bertz CT molecular complexity index is 791. The van der Waals surface area contributed by atoms with E-state index >= 15 is 0 Å². The van der Waals surface area contributed by atoms with E-state index in [-0.39, 0.29) is 24.3 Å². The van der Waals surface area contributed by atoms with Crippen LogP contribution < -0.4 is 10.1 Å². The number of carbonyl (C=O) groups is 2. The summed E-state index contributed by atoms with van der Waals surface area (Å²) in [5.74, 6) is -0.693. The molecular weight excluding hydrogens is 342 g/mol. The van der Waals surface area contributed by atoms with Crippen LogP contribution in [0, 0.1) is 6.92 Å². The Labute approximate surface area is 160 Å². The summed E-state index contributed by atoms with van der Waals surface area (Å²) < 4.78 is 5.54. The molecule has 1 atom stereocenters. The quantitative estimate of drug-likeness (QED) is 0.773. The van der Waals surface area contributed by atoms with Crippen molar-refractivity contribution in [1.29, 1.82) is 0 Å². The van der Waals surface area contributed by atoms with Gasteiger partial charge in [0.1, 0.15) is 5.75 Å². The van der Waals surface area contributed by atoms with Crippen LogP contribution in [0.1, 0.15) is 49.9 Å². The van der Waals surface area contributed by atoms with Crippen molar-refractivity contribution in [2.75, 3.05) is 6.61 Å². The number of carboxylic acids is 1. The summed E-state index contributed by atoms with van der Waals surface area (Å²) in [5, 5.41) is 12.0. The van der Waals surface area contributed by atoms with Crippen molar-refractivity contribution in [3.8, 4) is 5.75 Å². The number of hydrogen-bond donors (Lipinski definition) is 2. The minimum absolute atomic E-state index is 0.00541. The van der Waals surface area contributed by atoms with Crippen LogP contribution in [0.25, 0.3) is 0 Å². The van der Waals surface area contributed by atoms with E-state index in [0.29, 0.717) is 5.75 Å². The number of benzene rings is 2. The highest BCUT2D eigenvalue weighted by molar-refractivity contribution is 5.79. The van der Waals surface area contributed by atoms with E-state index in [9.17, 15) is 14.7 Å². The second-order valence-corrected chi connectivity index (χ2v) is 7.64. The van der Waals surface area contributed by atoms with Crippen molar-refractivity contribution in [3.63, 3.8) is 0 Å². The molecule has 27 heavy (non-hydrogen) atoms. The molecule has 5 heteroatoms. The van der Waals surface area contributed by atoms with Crippen LogP contribution in [0.2, 0.25) is 0 Å². The molecular formula is C22H27NO4. The first-order valence-corrected chi connectivity index (χ1v) is 8.97. The highest BCUT2D eigenvalue weighted by Crippen LogP contribution is 2.25. The third kappa shape index (κ3) is 6.13. The SMILES string of the molecule is Cc1ccccc1OCC(=O)NC(CC(=O)O)c1ccc(C(C)(C)C)cc1. The normalized spacial score (nSPS) is 12.3. The van der Waals surface area contributed by atoms with Gasteiger partial charge < -0.3 is 15.2 Å². The summed E-state index contributed by atoms with van der Waals surface area (Å²) in [7, 11) is 0. The van der Waals surface area contributed by atoms with Crippen LogP contribution in [0.4, 0.5) is 0 Å². The van der Waals surface area contributed by atoms with Gasteiger partial charge in [-0.15, -0.1) is 0 Å². The van der Waals surface area contributed by atoms with Gasteiger partial charge in [0.05, 0.1) is 12.5 Å². The number of aliphatic carboxylic acids is 1. The zero-order chi connectivity index (χ0) is 20.0. The van der Waals surface area contributed by atoms with Gasteiger partial charge in [-0.25, -0.2) is 0 Å². The predicted octanol–water partition coefficient (Wildman–Crippen LogP) is 4.00. The molecule has 0 aromatic heterocycles. The van der Waals surface area contributed by atoms with E-state index in [1.54, 1.807) is 6.07 Å². The number of amides is 1. The van der Waals surface area contributed by atoms with E-state index in [1.165, 1.54) is 0 Å². The van der Waals surface area contributed by atoms with E-state index in [0.717, 1.165) is 16.7 Å². The fraction of sp³-hybridized carbons (Fsp3) is 0.364. The lowest BCUT2D eigenvalue weighted by Gasteiger charge is -2.22. The van der Waals surface area contributed by atoms with Gasteiger partial charge >= 0.3 is 5.97 Å². The lowest BCUT2D eigenvalue weighted by atomic mass is 9.86. The fourth-order valence-electron chi connectivity index (χ4n) is 2.74. The third-order valence-electron chi connectivity index (χ3n) is 4.35. The molecule has 0 saturated heterocycles. The molecule has 144 valence electrons. The maximum Gasteiger partial charge on any atom is 0.305 e.